The van der Waals surface area contributed by atoms with Gasteiger partial charge in [0.1, 0.15) is 11.3 Å². The van der Waals surface area contributed by atoms with Gasteiger partial charge in [-0.15, -0.1) is 0 Å². The molecule has 1 aliphatic heterocycles. The second-order valence-corrected chi connectivity index (χ2v) is 8.68. The van der Waals surface area contributed by atoms with E-state index >= 15 is 0 Å². The number of carbonyl (C=O) groups is 1. The third-order valence-corrected chi connectivity index (χ3v) is 6.73. The van der Waals surface area contributed by atoms with Crippen LogP contribution in [0.3, 0.4) is 0 Å². The number of hydrogen-bond donors (Lipinski definition) is 0. The molecule has 0 unspecified atom stereocenters. The number of hydrogen-bond acceptors (Lipinski definition) is 4. The number of piperazine rings is 1. The van der Waals surface area contributed by atoms with E-state index in [4.69, 9.17) is 4.74 Å². The first-order chi connectivity index (χ1) is 16.8. The molecule has 2 aliphatic rings. The average Bonchev–Trinajstić information content (AvgIpc) is 3.24. The van der Waals surface area contributed by atoms with E-state index in [1.165, 1.54) is 22.3 Å². The largest absolute Gasteiger partial charge is 0.438 e. The van der Waals surface area contributed by atoms with Crippen molar-refractivity contribution in [2.75, 3.05) is 26.2 Å². The molecule has 5 nitrogen and oxygen atoms in total. The lowest BCUT2D eigenvalue weighted by atomic mass is 10.0. The molecule has 1 fully saturated rings. The van der Waals surface area contributed by atoms with Crippen LogP contribution in [-0.4, -0.2) is 46.9 Å². The highest BCUT2D eigenvalue weighted by Crippen LogP contribution is 2.46. The molecular weight excluding hydrogens is 422 g/mol. The Morgan fingerprint density at radius 3 is 2.03 bits per heavy atom. The van der Waals surface area contributed by atoms with Crippen LogP contribution in [0, 0.1) is 0 Å². The van der Waals surface area contributed by atoms with Gasteiger partial charge in [-0.25, -0.2) is 4.98 Å². The summed E-state index contributed by atoms with van der Waals surface area (Å²) in [5.74, 6) is 0.976. The highest BCUT2D eigenvalue weighted by atomic mass is 16.5. The van der Waals surface area contributed by atoms with E-state index in [2.05, 4.69) is 58.4 Å². The van der Waals surface area contributed by atoms with Crippen LogP contribution in [-0.2, 0) is 0 Å². The van der Waals surface area contributed by atoms with Gasteiger partial charge in [-0.05, 0) is 46.5 Å². The third kappa shape index (κ3) is 3.64. The van der Waals surface area contributed by atoms with Gasteiger partial charge >= 0.3 is 0 Å². The molecule has 0 saturated carbocycles. The predicted octanol–water partition coefficient (Wildman–Crippen LogP) is 5.40. The van der Waals surface area contributed by atoms with Gasteiger partial charge in [0.15, 0.2) is 0 Å². The number of fused-ring (bicyclic) bond motifs is 3. The molecule has 1 saturated heterocycles. The van der Waals surface area contributed by atoms with Crippen LogP contribution in [0.15, 0.2) is 97.2 Å². The summed E-state index contributed by atoms with van der Waals surface area (Å²) in [6.07, 6.45) is 1.65. The quantitative estimate of drug-likeness (QED) is 0.420. The van der Waals surface area contributed by atoms with Crippen LogP contribution in [0.4, 0.5) is 0 Å². The Labute approximate surface area is 199 Å². The lowest BCUT2D eigenvalue weighted by Gasteiger charge is -2.38. The Balaban J connectivity index is 1.20. The summed E-state index contributed by atoms with van der Waals surface area (Å²) in [7, 11) is 0. The normalized spacial score (nSPS) is 15.6. The summed E-state index contributed by atoms with van der Waals surface area (Å²) < 4.78 is 5.93. The maximum Gasteiger partial charge on any atom is 0.259 e. The van der Waals surface area contributed by atoms with Gasteiger partial charge in [-0.1, -0.05) is 66.7 Å². The molecular formula is C29H25N3O2. The van der Waals surface area contributed by atoms with Crippen molar-refractivity contribution in [2.45, 2.75) is 6.04 Å². The van der Waals surface area contributed by atoms with Crippen LogP contribution in [0.1, 0.15) is 27.5 Å². The fourth-order valence-electron chi connectivity index (χ4n) is 5.11. The summed E-state index contributed by atoms with van der Waals surface area (Å²) in [5.41, 5.74) is 5.85. The predicted molar refractivity (Wildman–Crippen MR) is 132 cm³/mol. The Bertz CT molecular complexity index is 1280. The molecule has 2 heterocycles. The molecule has 5 heteroatoms. The number of pyridine rings is 1. The van der Waals surface area contributed by atoms with Crippen molar-refractivity contribution in [3.05, 3.63) is 114 Å². The smallest absolute Gasteiger partial charge is 0.259 e. The fraction of sp³-hybridized carbons (Fsp3) is 0.172. The summed E-state index contributed by atoms with van der Waals surface area (Å²) in [6.45, 7) is 2.96. The number of benzene rings is 3. The maximum atomic E-state index is 13.4. The van der Waals surface area contributed by atoms with Crippen molar-refractivity contribution in [2.24, 2.45) is 0 Å². The lowest BCUT2D eigenvalue weighted by Crippen LogP contribution is -2.49. The summed E-state index contributed by atoms with van der Waals surface area (Å²) in [6, 6.07) is 30.6. The number of amides is 1. The zero-order chi connectivity index (χ0) is 22.9. The van der Waals surface area contributed by atoms with E-state index in [1.54, 1.807) is 18.3 Å². The second kappa shape index (κ2) is 8.76. The Kier molecular flexibility index (Phi) is 5.32. The number of ether oxygens (including phenoxy) is 1. The van der Waals surface area contributed by atoms with Gasteiger partial charge in [-0.3, -0.25) is 9.69 Å². The number of nitrogens with zero attached hydrogens (tertiary/aromatic N) is 3. The minimum atomic E-state index is -0.0362. The third-order valence-electron chi connectivity index (χ3n) is 6.73. The Morgan fingerprint density at radius 1 is 0.735 bits per heavy atom. The van der Waals surface area contributed by atoms with Crippen molar-refractivity contribution in [1.82, 2.24) is 14.8 Å². The first kappa shape index (κ1) is 20.6. The number of aromatic nitrogens is 1. The monoisotopic (exact) mass is 447 g/mol. The van der Waals surface area contributed by atoms with Crippen LogP contribution in [0.2, 0.25) is 0 Å². The highest BCUT2D eigenvalue weighted by molar-refractivity contribution is 5.96. The standard InChI is InChI=1S/C29H25N3O2/c33-29(26-15-8-16-30-28(26)34-21-9-2-1-3-10-21)32-19-17-31(18-20-32)27-24-13-6-4-11-22(24)23-12-5-7-14-25(23)27/h1-16,27H,17-20H2. The van der Waals surface area contributed by atoms with Gasteiger partial charge in [0.25, 0.3) is 5.91 Å². The zero-order valence-corrected chi connectivity index (χ0v) is 18.8. The summed E-state index contributed by atoms with van der Waals surface area (Å²) >= 11 is 0. The van der Waals surface area contributed by atoms with Crippen molar-refractivity contribution < 1.29 is 9.53 Å². The molecule has 3 aromatic carbocycles. The van der Waals surface area contributed by atoms with Gasteiger partial charge in [0, 0.05) is 32.4 Å². The van der Waals surface area contributed by atoms with E-state index in [0.29, 0.717) is 30.3 Å². The Morgan fingerprint density at radius 2 is 1.35 bits per heavy atom. The minimum absolute atomic E-state index is 0.0362. The number of para-hydroxylation sites is 1. The molecule has 0 radical (unpaired) electrons. The van der Waals surface area contributed by atoms with E-state index in [-0.39, 0.29) is 11.9 Å². The lowest BCUT2D eigenvalue weighted by molar-refractivity contribution is 0.0597. The SMILES string of the molecule is O=C(c1cccnc1Oc1ccccc1)N1CCN(C2c3ccccc3-c3ccccc32)CC1. The summed E-state index contributed by atoms with van der Waals surface area (Å²) in [4.78, 5) is 22.2. The molecule has 1 amide bonds. The topological polar surface area (TPSA) is 45.7 Å². The molecule has 168 valence electrons. The van der Waals surface area contributed by atoms with Gasteiger partial charge in [-0.2, -0.15) is 0 Å². The molecule has 1 aromatic heterocycles. The van der Waals surface area contributed by atoms with Crippen LogP contribution >= 0.6 is 0 Å². The van der Waals surface area contributed by atoms with Crippen molar-refractivity contribution >= 4 is 5.91 Å². The molecule has 0 N–H and O–H groups in total. The number of rotatable bonds is 4. The molecule has 0 spiro atoms. The van der Waals surface area contributed by atoms with E-state index in [1.807, 2.05) is 35.2 Å². The zero-order valence-electron chi connectivity index (χ0n) is 18.8. The second-order valence-electron chi connectivity index (χ2n) is 8.68. The maximum absolute atomic E-state index is 13.4. The van der Waals surface area contributed by atoms with Crippen molar-refractivity contribution in [1.29, 1.82) is 0 Å². The Hall–Kier alpha value is -3.96. The van der Waals surface area contributed by atoms with Gasteiger partial charge < -0.3 is 9.64 Å². The molecule has 1 aliphatic carbocycles. The molecule has 4 aromatic rings. The average molecular weight is 448 g/mol. The molecule has 0 bridgehead atoms. The van der Waals surface area contributed by atoms with Crippen molar-refractivity contribution in [3.63, 3.8) is 0 Å². The molecule has 6 rings (SSSR count). The molecule has 0 atom stereocenters. The number of carbonyl (C=O) groups excluding carboxylic acids is 1. The van der Waals surface area contributed by atoms with Crippen LogP contribution < -0.4 is 4.74 Å². The van der Waals surface area contributed by atoms with Crippen molar-refractivity contribution in [3.8, 4) is 22.8 Å². The fourth-order valence-corrected chi connectivity index (χ4v) is 5.11. The first-order valence-corrected chi connectivity index (χ1v) is 11.7. The first-order valence-electron chi connectivity index (χ1n) is 11.7. The van der Waals surface area contributed by atoms with Crippen LogP contribution in [0.5, 0.6) is 11.6 Å². The van der Waals surface area contributed by atoms with E-state index in [0.717, 1.165) is 13.1 Å². The van der Waals surface area contributed by atoms with E-state index in [9.17, 15) is 4.79 Å². The highest BCUT2D eigenvalue weighted by Gasteiger charge is 2.35. The van der Waals surface area contributed by atoms with E-state index < -0.39 is 0 Å². The van der Waals surface area contributed by atoms with Gasteiger partial charge in [0.2, 0.25) is 5.88 Å². The minimum Gasteiger partial charge on any atom is -0.438 e. The summed E-state index contributed by atoms with van der Waals surface area (Å²) in [5, 5.41) is 0. The van der Waals surface area contributed by atoms with Crippen LogP contribution in [0.25, 0.3) is 11.1 Å². The molecule has 34 heavy (non-hydrogen) atoms. The van der Waals surface area contributed by atoms with Gasteiger partial charge in [0.05, 0.1) is 6.04 Å².